The summed E-state index contributed by atoms with van der Waals surface area (Å²) < 4.78 is 5.67. The first-order chi connectivity index (χ1) is 9.78. The van der Waals surface area contributed by atoms with Gasteiger partial charge in [0.2, 0.25) is 5.91 Å². The topological polar surface area (TPSA) is 50.4 Å². The zero-order valence-electron chi connectivity index (χ0n) is 12.8. The highest BCUT2D eigenvalue weighted by Gasteiger charge is 2.20. The molecule has 20 heavy (non-hydrogen) atoms. The first kappa shape index (κ1) is 15.8. The van der Waals surface area contributed by atoms with Crippen molar-refractivity contribution in [3.8, 4) is 0 Å². The number of rotatable bonds is 6. The minimum absolute atomic E-state index is 0.0566. The van der Waals surface area contributed by atoms with Crippen LogP contribution in [0.1, 0.15) is 51.9 Å². The Hall–Kier alpha value is -0.610. The SMILES string of the molecule is CCC1CCC(CNC(=O)COC2CCNCC2)CC1. The molecule has 1 amide bonds. The Bertz CT molecular complexity index is 282. The van der Waals surface area contributed by atoms with E-state index in [9.17, 15) is 4.79 Å². The van der Waals surface area contributed by atoms with Crippen molar-refractivity contribution in [1.82, 2.24) is 10.6 Å². The minimum atomic E-state index is 0.0566. The standard InChI is InChI=1S/C16H30N2O2/c1-2-13-3-5-14(6-4-13)11-18-16(19)12-20-15-7-9-17-10-8-15/h13-15,17H,2-12H2,1H3,(H,18,19). The smallest absolute Gasteiger partial charge is 0.246 e. The van der Waals surface area contributed by atoms with Crippen LogP contribution in [0.4, 0.5) is 0 Å². The van der Waals surface area contributed by atoms with Gasteiger partial charge in [-0.15, -0.1) is 0 Å². The molecule has 0 unspecified atom stereocenters. The molecule has 0 atom stereocenters. The van der Waals surface area contributed by atoms with Crippen LogP contribution in [0.2, 0.25) is 0 Å². The van der Waals surface area contributed by atoms with Crippen LogP contribution in [0.5, 0.6) is 0 Å². The maximum atomic E-state index is 11.8. The summed E-state index contributed by atoms with van der Waals surface area (Å²) in [5.74, 6) is 1.66. The first-order valence-corrected chi connectivity index (χ1v) is 8.37. The van der Waals surface area contributed by atoms with Crippen LogP contribution in [0.25, 0.3) is 0 Å². The van der Waals surface area contributed by atoms with E-state index in [1.165, 1.54) is 32.1 Å². The van der Waals surface area contributed by atoms with Gasteiger partial charge in [0.15, 0.2) is 0 Å². The average Bonchev–Trinajstić information content (AvgIpc) is 2.52. The van der Waals surface area contributed by atoms with Gasteiger partial charge in [0, 0.05) is 6.54 Å². The van der Waals surface area contributed by atoms with Gasteiger partial charge in [0.05, 0.1) is 6.10 Å². The number of hydrogen-bond donors (Lipinski definition) is 2. The molecule has 2 fully saturated rings. The fraction of sp³-hybridized carbons (Fsp3) is 0.938. The molecule has 2 N–H and O–H groups in total. The lowest BCUT2D eigenvalue weighted by Crippen LogP contribution is -2.37. The van der Waals surface area contributed by atoms with Gasteiger partial charge in [0.25, 0.3) is 0 Å². The fourth-order valence-electron chi connectivity index (χ4n) is 3.31. The monoisotopic (exact) mass is 282 g/mol. The molecule has 1 aliphatic carbocycles. The summed E-state index contributed by atoms with van der Waals surface area (Å²) in [4.78, 5) is 11.8. The maximum absolute atomic E-state index is 11.8. The molecular formula is C16H30N2O2. The summed E-state index contributed by atoms with van der Waals surface area (Å²) in [5.41, 5.74) is 0. The van der Waals surface area contributed by atoms with Gasteiger partial charge in [-0.05, 0) is 50.6 Å². The lowest BCUT2D eigenvalue weighted by molar-refractivity contribution is -0.128. The molecule has 4 nitrogen and oxygen atoms in total. The third-order valence-electron chi connectivity index (χ3n) is 4.87. The van der Waals surface area contributed by atoms with Crippen molar-refractivity contribution in [2.24, 2.45) is 11.8 Å². The molecule has 116 valence electrons. The molecule has 0 bridgehead atoms. The first-order valence-electron chi connectivity index (χ1n) is 8.37. The Balaban J connectivity index is 1.53. The number of carbonyl (C=O) groups excluding carboxylic acids is 1. The molecule has 4 heteroatoms. The third-order valence-corrected chi connectivity index (χ3v) is 4.87. The summed E-state index contributed by atoms with van der Waals surface area (Å²) in [7, 11) is 0. The zero-order valence-corrected chi connectivity index (χ0v) is 12.8. The highest BCUT2D eigenvalue weighted by molar-refractivity contribution is 5.77. The predicted octanol–water partition coefficient (Wildman–Crippen LogP) is 2.09. The Morgan fingerprint density at radius 3 is 2.40 bits per heavy atom. The van der Waals surface area contributed by atoms with Crippen LogP contribution in [0.15, 0.2) is 0 Å². The molecule has 2 rings (SSSR count). The fourth-order valence-corrected chi connectivity index (χ4v) is 3.31. The van der Waals surface area contributed by atoms with E-state index in [1.54, 1.807) is 0 Å². The average molecular weight is 282 g/mol. The highest BCUT2D eigenvalue weighted by Crippen LogP contribution is 2.30. The molecule has 0 aromatic carbocycles. The van der Waals surface area contributed by atoms with Gasteiger partial charge < -0.3 is 15.4 Å². The van der Waals surface area contributed by atoms with Crippen LogP contribution in [0, 0.1) is 11.8 Å². The Morgan fingerprint density at radius 2 is 1.75 bits per heavy atom. The van der Waals surface area contributed by atoms with Crippen LogP contribution in [-0.4, -0.2) is 38.3 Å². The number of amides is 1. The van der Waals surface area contributed by atoms with E-state index in [0.717, 1.165) is 38.4 Å². The molecule has 1 saturated carbocycles. The van der Waals surface area contributed by atoms with Crippen molar-refractivity contribution in [2.45, 2.75) is 58.0 Å². The summed E-state index contributed by atoms with van der Waals surface area (Å²) in [5, 5.41) is 6.34. The van der Waals surface area contributed by atoms with Crippen molar-refractivity contribution in [3.63, 3.8) is 0 Å². The Labute approximate surface area is 123 Å². The van der Waals surface area contributed by atoms with Gasteiger partial charge in [0.1, 0.15) is 6.61 Å². The molecule has 0 aromatic rings. The second kappa shape index (κ2) is 8.63. The number of ether oxygens (including phenoxy) is 1. The van der Waals surface area contributed by atoms with Crippen molar-refractivity contribution in [2.75, 3.05) is 26.2 Å². The number of hydrogen-bond acceptors (Lipinski definition) is 3. The number of nitrogens with one attached hydrogen (secondary N) is 2. The van der Waals surface area contributed by atoms with E-state index in [4.69, 9.17) is 4.74 Å². The van der Waals surface area contributed by atoms with Crippen LogP contribution < -0.4 is 10.6 Å². The normalized spacial score (nSPS) is 28.2. The number of carbonyl (C=O) groups is 1. The van der Waals surface area contributed by atoms with Crippen molar-refractivity contribution in [1.29, 1.82) is 0 Å². The van der Waals surface area contributed by atoms with E-state index < -0.39 is 0 Å². The number of piperidine rings is 1. The zero-order chi connectivity index (χ0) is 14.2. The summed E-state index contributed by atoms with van der Waals surface area (Å²) in [6.07, 6.45) is 8.83. The lowest BCUT2D eigenvalue weighted by atomic mass is 9.81. The second-order valence-electron chi connectivity index (χ2n) is 6.36. The van der Waals surface area contributed by atoms with Crippen LogP contribution in [0.3, 0.4) is 0 Å². The lowest BCUT2D eigenvalue weighted by Gasteiger charge is -2.28. The third kappa shape index (κ3) is 5.41. The van der Waals surface area contributed by atoms with Gasteiger partial charge in [-0.2, -0.15) is 0 Å². The predicted molar refractivity (Wildman–Crippen MR) is 80.6 cm³/mol. The molecule has 1 aliphatic heterocycles. The van der Waals surface area contributed by atoms with Crippen LogP contribution in [-0.2, 0) is 9.53 Å². The molecule has 1 heterocycles. The Kier molecular flexibility index (Phi) is 6.80. The van der Waals surface area contributed by atoms with E-state index in [1.807, 2.05) is 0 Å². The molecule has 0 aromatic heterocycles. The van der Waals surface area contributed by atoms with Crippen molar-refractivity contribution >= 4 is 5.91 Å². The molecule has 2 aliphatic rings. The van der Waals surface area contributed by atoms with Gasteiger partial charge >= 0.3 is 0 Å². The summed E-state index contributed by atoms with van der Waals surface area (Å²) in [6.45, 7) is 5.37. The van der Waals surface area contributed by atoms with E-state index in [2.05, 4.69) is 17.6 Å². The van der Waals surface area contributed by atoms with Crippen molar-refractivity contribution in [3.05, 3.63) is 0 Å². The van der Waals surface area contributed by atoms with E-state index >= 15 is 0 Å². The largest absolute Gasteiger partial charge is 0.368 e. The van der Waals surface area contributed by atoms with Gasteiger partial charge in [-0.25, -0.2) is 0 Å². The van der Waals surface area contributed by atoms with Crippen LogP contribution >= 0.6 is 0 Å². The van der Waals surface area contributed by atoms with Gasteiger partial charge in [-0.3, -0.25) is 4.79 Å². The summed E-state index contributed by atoms with van der Waals surface area (Å²) >= 11 is 0. The van der Waals surface area contributed by atoms with Gasteiger partial charge in [-0.1, -0.05) is 26.2 Å². The molecule has 0 radical (unpaired) electrons. The maximum Gasteiger partial charge on any atom is 0.246 e. The van der Waals surface area contributed by atoms with E-state index in [0.29, 0.717) is 5.92 Å². The minimum Gasteiger partial charge on any atom is -0.368 e. The summed E-state index contributed by atoms with van der Waals surface area (Å²) in [6, 6.07) is 0. The van der Waals surface area contributed by atoms with Crippen molar-refractivity contribution < 1.29 is 9.53 Å². The van der Waals surface area contributed by atoms with E-state index in [-0.39, 0.29) is 18.6 Å². The second-order valence-corrected chi connectivity index (χ2v) is 6.36. The molecular weight excluding hydrogens is 252 g/mol. The Morgan fingerprint density at radius 1 is 1.10 bits per heavy atom. The quantitative estimate of drug-likeness (QED) is 0.784. The highest BCUT2D eigenvalue weighted by atomic mass is 16.5. The molecule has 1 saturated heterocycles. The molecule has 0 spiro atoms.